The van der Waals surface area contributed by atoms with Crippen molar-refractivity contribution >= 4 is 34.4 Å². The van der Waals surface area contributed by atoms with Crippen molar-refractivity contribution in [2.45, 2.75) is 6.42 Å². The van der Waals surface area contributed by atoms with Crippen LogP contribution in [0.2, 0.25) is 0 Å². The number of fused-ring (bicyclic) bond motifs is 1. The summed E-state index contributed by atoms with van der Waals surface area (Å²) in [6, 6.07) is 0. The zero-order valence-electron chi connectivity index (χ0n) is 8.93. The van der Waals surface area contributed by atoms with Crippen LogP contribution in [-0.2, 0) is 4.79 Å². The van der Waals surface area contributed by atoms with Crippen LogP contribution >= 0.6 is 11.6 Å². The van der Waals surface area contributed by atoms with Crippen molar-refractivity contribution < 1.29 is 4.79 Å². The monoisotopic (exact) mass is 251 g/mol. The average Bonchev–Trinajstić information content (AvgIpc) is 2.94. The molecule has 6 nitrogen and oxygen atoms in total. The smallest absolute Gasteiger partial charge is 0.228 e. The maximum atomic E-state index is 11.9. The number of alkyl halides is 1. The summed E-state index contributed by atoms with van der Waals surface area (Å²) in [6.45, 7) is 0.611. The Labute approximate surface area is 102 Å². The summed E-state index contributed by atoms with van der Waals surface area (Å²) in [5.41, 5.74) is 0.636. The summed E-state index contributed by atoms with van der Waals surface area (Å²) in [5, 5.41) is 7.42. The number of carbonyl (C=O) groups is 1. The minimum atomic E-state index is 0.0526. The number of hydrogen-bond acceptors (Lipinski definition) is 4. The molecule has 3 heterocycles. The number of halogens is 1. The van der Waals surface area contributed by atoms with Gasteiger partial charge in [0.2, 0.25) is 5.91 Å². The van der Waals surface area contributed by atoms with E-state index < -0.39 is 0 Å². The lowest BCUT2D eigenvalue weighted by Gasteiger charge is -2.15. The third-order valence-electron chi connectivity index (χ3n) is 2.91. The molecule has 1 N–H and O–H groups in total. The Morgan fingerprint density at radius 2 is 2.41 bits per heavy atom. The van der Waals surface area contributed by atoms with E-state index in [0.29, 0.717) is 30.3 Å². The van der Waals surface area contributed by atoms with Crippen LogP contribution in [0, 0.1) is 5.92 Å². The number of nitrogens with zero attached hydrogens (tertiary/aromatic N) is 4. The molecule has 2 aromatic rings. The molecule has 1 saturated heterocycles. The molecule has 1 atom stereocenters. The van der Waals surface area contributed by atoms with Crippen molar-refractivity contribution in [3.05, 3.63) is 12.5 Å². The molecule has 0 saturated carbocycles. The van der Waals surface area contributed by atoms with Gasteiger partial charge >= 0.3 is 0 Å². The fourth-order valence-corrected chi connectivity index (χ4v) is 2.26. The van der Waals surface area contributed by atoms with Gasteiger partial charge in [0.05, 0.1) is 11.6 Å². The van der Waals surface area contributed by atoms with Gasteiger partial charge in [0, 0.05) is 18.8 Å². The van der Waals surface area contributed by atoms with Crippen LogP contribution in [0.5, 0.6) is 0 Å². The van der Waals surface area contributed by atoms with E-state index in [1.54, 1.807) is 11.1 Å². The second-order valence-electron chi connectivity index (χ2n) is 4.06. The molecule has 1 unspecified atom stereocenters. The Morgan fingerprint density at radius 3 is 3.18 bits per heavy atom. The highest BCUT2D eigenvalue weighted by atomic mass is 35.5. The Bertz CT molecular complexity index is 569. The van der Waals surface area contributed by atoms with Crippen molar-refractivity contribution in [1.29, 1.82) is 0 Å². The number of aromatic nitrogens is 4. The van der Waals surface area contributed by atoms with Gasteiger partial charge < -0.3 is 0 Å². The standard InChI is InChI=1S/C10H10ClN5O/c11-2-6-1-8(17)16(4-6)10-7-3-14-15-9(7)12-5-13-10/h3,5-6H,1-2,4H2,(H,12,13,14,15). The number of rotatable bonds is 2. The first kappa shape index (κ1) is 10.5. The van der Waals surface area contributed by atoms with Gasteiger partial charge in [-0.25, -0.2) is 9.97 Å². The molecule has 17 heavy (non-hydrogen) atoms. The summed E-state index contributed by atoms with van der Waals surface area (Å²) in [7, 11) is 0. The van der Waals surface area contributed by atoms with E-state index in [1.807, 2.05) is 0 Å². The zero-order chi connectivity index (χ0) is 11.8. The van der Waals surface area contributed by atoms with E-state index >= 15 is 0 Å². The van der Waals surface area contributed by atoms with E-state index in [-0.39, 0.29) is 11.8 Å². The molecule has 0 spiro atoms. The van der Waals surface area contributed by atoms with Crippen molar-refractivity contribution in [1.82, 2.24) is 20.2 Å². The largest absolute Gasteiger partial charge is 0.296 e. The fraction of sp³-hybridized carbons (Fsp3) is 0.400. The molecular weight excluding hydrogens is 242 g/mol. The molecule has 7 heteroatoms. The summed E-state index contributed by atoms with van der Waals surface area (Å²) in [6.07, 6.45) is 3.54. The topological polar surface area (TPSA) is 74.8 Å². The van der Waals surface area contributed by atoms with E-state index in [2.05, 4.69) is 20.2 Å². The maximum absolute atomic E-state index is 11.9. The van der Waals surface area contributed by atoms with Gasteiger partial charge in [-0.05, 0) is 5.92 Å². The number of aromatic amines is 1. The van der Waals surface area contributed by atoms with Crippen LogP contribution < -0.4 is 4.90 Å². The molecule has 3 rings (SSSR count). The first-order valence-electron chi connectivity index (χ1n) is 5.30. The number of anilines is 1. The highest BCUT2D eigenvalue weighted by molar-refractivity contribution is 6.18. The molecule has 0 bridgehead atoms. The predicted molar refractivity (Wildman–Crippen MR) is 62.9 cm³/mol. The summed E-state index contributed by atoms with van der Waals surface area (Å²) in [5.74, 6) is 1.35. The molecule has 0 aliphatic carbocycles. The average molecular weight is 252 g/mol. The molecule has 0 aromatic carbocycles. The molecule has 1 aliphatic heterocycles. The number of amides is 1. The highest BCUT2D eigenvalue weighted by Gasteiger charge is 2.31. The van der Waals surface area contributed by atoms with E-state index in [9.17, 15) is 4.79 Å². The van der Waals surface area contributed by atoms with Crippen molar-refractivity contribution in [3.8, 4) is 0 Å². The van der Waals surface area contributed by atoms with Crippen LogP contribution in [0.25, 0.3) is 11.0 Å². The second kappa shape index (κ2) is 3.96. The van der Waals surface area contributed by atoms with Gasteiger partial charge in [0.1, 0.15) is 12.1 Å². The number of carbonyl (C=O) groups excluding carboxylic acids is 1. The third kappa shape index (κ3) is 1.64. The van der Waals surface area contributed by atoms with E-state index in [0.717, 1.165) is 5.39 Å². The van der Waals surface area contributed by atoms with Crippen LogP contribution in [-0.4, -0.2) is 38.5 Å². The van der Waals surface area contributed by atoms with Gasteiger partial charge in [-0.15, -0.1) is 11.6 Å². The third-order valence-corrected chi connectivity index (χ3v) is 3.34. The Balaban J connectivity index is 2.04. The highest BCUT2D eigenvalue weighted by Crippen LogP contribution is 2.28. The summed E-state index contributed by atoms with van der Waals surface area (Å²) >= 11 is 5.79. The molecule has 1 aliphatic rings. The minimum Gasteiger partial charge on any atom is -0.296 e. The second-order valence-corrected chi connectivity index (χ2v) is 4.37. The predicted octanol–water partition coefficient (Wildman–Crippen LogP) is 0.945. The number of H-pyrrole nitrogens is 1. The van der Waals surface area contributed by atoms with Crippen molar-refractivity contribution in [2.24, 2.45) is 5.92 Å². The Hall–Kier alpha value is -1.69. The van der Waals surface area contributed by atoms with Gasteiger partial charge in [-0.2, -0.15) is 5.10 Å². The van der Waals surface area contributed by atoms with E-state index in [4.69, 9.17) is 11.6 Å². The van der Waals surface area contributed by atoms with E-state index in [1.165, 1.54) is 6.33 Å². The van der Waals surface area contributed by atoms with Crippen molar-refractivity contribution in [3.63, 3.8) is 0 Å². The van der Waals surface area contributed by atoms with Gasteiger partial charge in [-0.1, -0.05) is 0 Å². The molecule has 2 aromatic heterocycles. The van der Waals surface area contributed by atoms with Gasteiger partial charge in [0.25, 0.3) is 0 Å². The van der Waals surface area contributed by atoms with Gasteiger partial charge in [-0.3, -0.25) is 14.8 Å². The molecular formula is C10H10ClN5O. The lowest BCUT2D eigenvalue weighted by atomic mass is 10.1. The van der Waals surface area contributed by atoms with Crippen LogP contribution in [0.1, 0.15) is 6.42 Å². The SMILES string of the molecule is O=C1CC(CCl)CN1c1ncnc2[nH]ncc12. The van der Waals surface area contributed by atoms with Crippen LogP contribution in [0.4, 0.5) is 5.82 Å². The summed E-state index contributed by atoms with van der Waals surface area (Å²) in [4.78, 5) is 21.8. The minimum absolute atomic E-state index is 0.0526. The quantitative estimate of drug-likeness (QED) is 0.807. The van der Waals surface area contributed by atoms with Crippen LogP contribution in [0.15, 0.2) is 12.5 Å². The Kier molecular flexibility index (Phi) is 2.44. The number of hydrogen-bond donors (Lipinski definition) is 1. The zero-order valence-corrected chi connectivity index (χ0v) is 9.68. The van der Waals surface area contributed by atoms with Gasteiger partial charge in [0.15, 0.2) is 5.65 Å². The van der Waals surface area contributed by atoms with Crippen LogP contribution in [0.3, 0.4) is 0 Å². The molecule has 1 amide bonds. The lowest BCUT2D eigenvalue weighted by Crippen LogP contribution is -2.25. The molecule has 0 radical (unpaired) electrons. The fourth-order valence-electron chi connectivity index (χ4n) is 2.06. The summed E-state index contributed by atoms with van der Waals surface area (Å²) < 4.78 is 0. The Morgan fingerprint density at radius 1 is 1.53 bits per heavy atom. The maximum Gasteiger partial charge on any atom is 0.228 e. The first-order valence-corrected chi connectivity index (χ1v) is 5.83. The normalized spacial score (nSPS) is 20.4. The lowest BCUT2D eigenvalue weighted by molar-refractivity contribution is -0.117. The first-order chi connectivity index (χ1) is 8.29. The molecule has 1 fully saturated rings. The number of nitrogens with one attached hydrogen (secondary N) is 1. The molecule has 88 valence electrons. The van der Waals surface area contributed by atoms with Crippen molar-refractivity contribution in [2.75, 3.05) is 17.3 Å².